The molecule has 8 heteroatoms. The summed E-state index contributed by atoms with van der Waals surface area (Å²) in [7, 11) is 1.98. The van der Waals surface area contributed by atoms with Crippen LogP contribution in [0.4, 0.5) is 10.2 Å². The molecule has 3 aromatic heterocycles. The van der Waals surface area contributed by atoms with Gasteiger partial charge in [0.1, 0.15) is 23.0 Å². The van der Waals surface area contributed by atoms with Crippen LogP contribution in [0, 0.1) is 5.82 Å². The van der Waals surface area contributed by atoms with E-state index in [-0.39, 0.29) is 5.82 Å². The standard InChI is InChI=1S/C19H24FN7/c1-21-8-10-26-9-2-3-15(13-26)24-17-6-7-22-19(25-17)16-11-23-18-5-4-14(20)12-27(16)18/h4-7,11-12,15,21H,2-3,8-10,13H2,1H3,(H,22,24,25)/t15-/m1/s1. The van der Waals surface area contributed by atoms with Crippen molar-refractivity contribution in [3.05, 3.63) is 42.6 Å². The van der Waals surface area contributed by atoms with Crippen molar-refractivity contribution in [1.82, 2.24) is 29.6 Å². The summed E-state index contributed by atoms with van der Waals surface area (Å²) in [6.45, 7) is 4.19. The van der Waals surface area contributed by atoms with Crippen molar-refractivity contribution in [2.75, 3.05) is 38.5 Å². The highest BCUT2D eigenvalue weighted by Crippen LogP contribution is 2.20. The summed E-state index contributed by atoms with van der Waals surface area (Å²) in [5.41, 5.74) is 1.34. The first-order valence-electron chi connectivity index (χ1n) is 9.32. The van der Waals surface area contributed by atoms with E-state index in [1.165, 1.54) is 18.7 Å². The molecule has 142 valence electrons. The second-order valence-electron chi connectivity index (χ2n) is 6.87. The highest BCUT2D eigenvalue weighted by molar-refractivity contribution is 5.58. The van der Waals surface area contributed by atoms with E-state index in [0.29, 0.717) is 23.2 Å². The quantitative estimate of drug-likeness (QED) is 0.693. The van der Waals surface area contributed by atoms with Crippen LogP contribution in [0.15, 0.2) is 36.8 Å². The molecular weight excluding hydrogens is 345 g/mol. The van der Waals surface area contributed by atoms with E-state index in [9.17, 15) is 4.39 Å². The van der Waals surface area contributed by atoms with Crippen LogP contribution in [0.25, 0.3) is 17.2 Å². The third-order valence-corrected chi connectivity index (χ3v) is 4.89. The van der Waals surface area contributed by atoms with Gasteiger partial charge in [0.05, 0.1) is 6.20 Å². The zero-order chi connectivity index (χ0) is 18.6. The van der Waals surface area contributed by atoms with Gasteiger partial charge in [0.2, 0.25) is 0 Å². The summed E-state index contributed by atoms with van der Waals surface area (Å²) in [6, 6.07) is 5.27. The van der Waals surface area contributed by atoms with Gasteiger partial charge in [-0.15, -0.1) is 0 Å². The lowest BCUT2D eigenvalue weighted by molar-refractivity contribution is 0.218. The van der Waals surface area contributed by atoms with Crippen LogP contribution in [0.1, 0.15) is 12.8 Å². The second kappa shape index (κ2) is 7.98. The molecule has 0 spiro atoms. The minimum atomic E-state index is -0.320. The van der Waals surface area contributed by atoms with Gasteiger partial charge in [-0.05, 0) is 44.6 Å². The maximum Gasteiger partial charge on any atom is 0.180 e. The summed E-state index contributed by atoms with van der Waals surface area (Å²) in [5, 5.41) is 6.74. The molecule has 0 unspecified atom stereocenters. The van der Waals surface area contributed by atoms with Crippen LogP contribution < -0.4 is 10.6 Å². The van der Waals surface area contributed by atoms with Gasteiger partial charge in [-0.1, -0.05) is 0 Å². The molecule has 1 atom stereocenters. The Morgan fingerprint density at radius 3 is 3.07 bits per heavy atom. The second-order valence-corrected chi connectivity index (χ2v) is 6.87. The van der Waals surface area contributed by atoms with E-state index in [2.05, 4.69) is 30.5 Å². The maximum absolute atomic E-state index is 13.6. The molecule has 0 saturated carbocycles. The molecule has 4 rings (SSSR count). The fraction of sp³-hybridized carbons (Fsp3) is 0.421. The Labute approximate surface area is 157 Å². The number of hydrogen-bond donors (Lipinski definition) is 2. The van der Waals surface area contributed by atoms with Gasteiger partial charge in [0, 0.05) is 38.1 Å². The first-order chi connectivity index (χ1) is 13.2. The molecule has 7 nitrogen and oxygen atoms in total. The predicted molar refractivity (Wildman–Crippen MR) is 103 cm³/mol. The molecule has 0 bridgehead atoms. The number of nitrogens with one attached hydrogen (secondary N) is 2. The summed E-state index contributed by atoms with van der Waals surface area (Å²) in [5.74, 6) is 0.993. The van der Waals surface area contributed by atoms with Crippen molar-refractivity contribution in [1.29, 1.82) is 0 Å². The molecule has 1 aliphatic heterocycles. The molecule has 3 aromatic rings. The summed E-state index contributed by atoms with van der Waals surface area (Å²) < 4.78 is 15.3. The number of nitrogens with zero attached hydrogens (tertiary/aromatic N) is 5. The molecule has 1 saturated heterocycles. The number of halogens is 1. The molecular formula is C19H24FN7. The van der Waals surface area contributed by atoms with E-state index >= 15 is 0 Å². The average Bonchev–Trinajstić information content (AvgIpc) is 3.10. The Balaban J connectivity index is 1.51. The van der Waals surface area contributed by atoms with Crippen molar-refractivity contribution in [2.24, 2.45) is 0 Å². The molecule has 0 amide bonds. The number of fused-ring (bicyclic) bond motifs is 1. The van der Waals surface area contributed by atoms with Gasteiger partial charge in [-0.25, -0.2) is 19.3 Å². The number of aromatic nitrogens is 4. The zero-order valence-corrected chi connectivity index (χ0v) is 15.4. The van der Waals surface area contributed by atoms with Crippen LogP contribution in [-0.4, -0.2) is 63.5 Å². The number of likely N-dealkylation sites (N-methyl/N-ethyl adjacent to an activating group) is 1. The van der Waals surface area contributed by atoms with Gasteiger partial charge in [-0.2, -0.15) is 0 Å². The largest absolute Gasteiger partial charge is 0.366 e. The van der Waals surface area contributed by atoms with Crippen LogP contribution in [0.5, 0.6) is 0 Å². The van der Waals surface area contributed by atoms with E-state index in [4.69, 9.17) is 0 Å². The van der Waals surface area contributed by atoms with Crippen molar-refractivity contribution < 1.29 is 4.39 Å². The van der Waals surface area contributed by atoms with Crippen LogP contribution in [0.2, 0.25) is 0 Å². The summed E-state index contributed by atoms with van der Waals surface area (Å²) >= 11 is 0. The Morgan fingerprint density at radius 1 is 1.26 bits per heavy atom. The third kappa shape index (κ3) is 4.06. The summed E-state index contributed by atoms with van der Waals surface area (Å²) in [4.78, 5) is 15.8. The Hall–Kier alpha value is -2.58. The molecule has 1 fully saturated rings. The molecule has 0 aliphatic carbocycles. The number of piperidine rings is 1. The highest BCUT2D eigenvalue weighted by Gasteiger charge is 2.20. The Morgan fingerprint density at radius 2 is 2.19 bits per heavy atom. The summed E-state index contributed by atoms with van der Waals surface area (Å²) in [6.07, 6.45) is 7.10. The van der Waals surface area contributed by atoms with Crippen LogP contribution >= 0.6 is 0 Å². The van der Waals surface area contributed by atoms with E-state index in [1.807, 2.05) is 13.1 Å². The monoisotopic (exact) mass is 369 g/mol. The van der Waals surface area contributed by atoms with Crippen molar-refractivity contribution in [2.45, 2.75) is 18.9 Å². The third-order valence-electron chi connectivity index (χ3n) is 4.89. The van der Waals surface area contributed by atoms with Crippen LogP contribution in [-0.2, 0) is 0 Å². The minimum absolute atomic E-state index is 0.320. The van der Waals surface area contributed by atoms with Gasteiger partial charge in [0.25, 0.3) is 0 Å². The lowest BCUT2D eigenvalue weighted by Gasteiger charge is -2.33. The average molecular weight is 369 g/mol. The molecule has 0 aromatic carbocycles. The number of rotatable bonds is 6. The zero-order valence-electron chi connectivity index (χ0n) is 15.4. The van der Waals surface area contributed by atoms with Crippen molar-refractivity contribution in [3.8, 4) is 11.5 Å². The molecule has 4 heterocycles. The molecule has 0 radical (unpaired) electrons. The normalized spacial score (nSPS) is 18.1. The van der Waals surface area contributed by atoms with Gasteiger partial charge < -0.3 is 15.5 Å². The van der Waals surface area contributed by atoms with Crippen LogP contribution in [0.3, 0.4) is 0 Å². The van der Waals surface area contributed by atoms with E-state index in [1.54, 1.807) is 22.9 Å². The minimum Gasteiger partial charge on any atom is -0.366 e. The smallest absolute Gasteiger partial charge is 0.180 e. The van der Waals surface area contributed by atoms with Crippen molar-refractivity contribution in [3.63, 3.8) is 0 Å². The van der Waals surface area contributed by atoms with Gasteiger partial charge in [0.15, 0.2) is 5.82 Å². The SMILES string of the molecule is CNCCN1CCC[C@@H](Nc2ccnc(-c3cnc4ccc(F)cn34)n2)C1. The fourth-order valence-electron chi connectivity index (χ4n) is 3.54. The number of pyridine rings is 1. The van der Waals surface area contributed by atoms with Crippen molar-refractivity contribution >= 4 is 11.5 Å². The molecule has 1 aliphatic rings. The lowest BCUT2D eigenvalue weighted by atomic mass is 10.1. The fourth-order valence-corrected chi connectivity index (χ4v) is 3.54. The number of imidazole rings is 1. The first-order valence-corrected chi connectivity index (χ1v) is 9.32. The number of anilines is 1. The van der Waals surface area contributed by atoms with E-state index in [0.717, 1.165) is 38.4 Å². The van der Waals surface area contributed by atoms with E-state index < -0.39 is 0 Å². The number of likely N-dealkylation sites (tertiary alicyclic amines) is 1. The maximum atomic E-state index is 13.6. The Kier molecular flexibility index (Phi) is 5.26. The topological polar surface area (TPSA) is 70.4 Å². The first kappa shape index (κ1) is 17.8. The predicted octanol–water partition coefficient (Wildman–Crippen LogP) is 2.03. The lowest BCUT2D eigenvalue weighted by Crippen LogP contribution is -2.44. The molecule has 27 heavy (non-hydrogen) atoms. The van der Waals surface area contributed by atoms with Gasteiger partial charge >= 0.3 is 0 Å². The molecule has 2 N–H and O–H groups in total. The number of hydrogen-bond acceptors (Lipinski definition) is 6. The Bertz CT molecular complexity index is 910. The van der Waals surface area contributed by atoms with Gasteiger partial charge in [-0.3, -0.25) is 4.40 Å². The highest BCUT2D eigenvalue weighted by atomic mass is 19.1.